The van der Waals surface area contributed by atoms with E-state index < -0.39 is 6.10 Å². The smallest absolute Gasteiger partial charge is 0.0842 e. The summed E-state index contributed by atoms with van der Waals surface area (Å²) >= 11 is 0. The van der Waals surface area contributed by atoms with Crippen LogP contribution in [0.25, 0.3) is 0 Å². The summed E-state index contributed by atoms with van der Waals surface area (Å²) in [4.78, 5) is 0. The number of hydrogen-bond donors (Lipinski definition) is 2. The normalized spacial score (nSPS) is 26.7. The summed E-state index contributed by atoms with van der Waals surface area (Å²) in [5, 5.41) is 19.2. The Labute approximate surface area is 84.2 Å². The number of aliphatic hydroxyl groups is 2. The summed E-state index contributed by atoms with van der Waals surface area (Å²) in [6, 6.07) is 7.99. The number of aryl methyl sites for hydroxylation is 1. The molecule has 0 aliphatic heterocycles. The van der Waals surface area contributed by atoms with Crippen molar-refractivity contribution in [3.05, 3.63) is 35.4 Å². The molecule has 2 nitrogen and oxygen atoms in total. The van der Waals surface area contributed by atoms with Gasteiger partial charge in [-0.25, -0.2) is 0 Å². The highest BCUT2D eigenvalue weighted by molar-refractivity contribution is 5.30. The van der Waals surface area contributed by atoms with Crippen LogP contribution in [-0.2, 0) is 6.42 Å². The van der Waals surface area contributed by atoms with Gasteiger partial charge in [-0.05, 0) is 30.4 Å². The number of aliphatic hydroxyl groups excluding tert-OH is 2. The summed E-state index contributed by atoms with van der Waals surface area (Å²) in [6.45, 7) is 0.0789. The molecule has 0 radical (unpaired) electrons. The maximum Gasteiger partial charge on any atom is 0.0842 e. The van der Waals surface area contributed by atoms with E-state index >= 15 is 0 Å². The third-order valence-corrected chi connectivity index (χ3v) is 3.08. The molecule has 1 aliphatic carbocycles. The van der Waals surface area contributed by atoms with Gasteiger partial charge in [-0.2, -0.15) is 0 Å². The minimum Gasteiger partial charge on any atom is -0.396 e. The zero-order chi connectivity index (χ0) is 9.97. The molecule has 14 heavy (non-hydrogen) atoms. The number of rotatable bonds is 1. The van der Waals surface area contributed by atoms with Crippen LogP contribution in [0.4, 0.5) is 0 Å². The molecule has 0 saturated carbocycles. The van der Waals surface area contributed by atoms with E-state index in [1.807, 2.05) is 18.2 Å². The zero-order valence-corrected chi connectivity index (χ0v) is 8.19. The second-order valence-corrected chi connectivity index (χ2v) is 3.98. The van der Waals surface area contributed by atoms with Gasteiger partial charge in [0.05, 0.1) is 6.10 Å². The molecule has 0 aromatic heterocycles. The Morgan fingerprint density at radius 1 is 1.29 bits per heavy atom. The fourth-order valence-corrected chi connectivity index (χ4v) is 2.21. The van der Waals surface area contributed by atoms with Crippen molar-refractivity contribution in [3.63, 3.8) is 0 Å². The molecule has 2 rings (SSSR count). The Bertz CT molecular complexity index is 309. The lowest BCUT2D eigenvalue weighted by molar-refractivity contribution is 0.0638. The van der Waals surface area contributed by atoms with E-state index in [0.29, 0.717) is 0 Å². The van der Waals surface area contributed by atoms with Gasteiger partial charge >= 0.3 is 0 Å². The number of hydrogen-bond acceptors (Lipinski definition) is 2. The van der Waals surface area contributed by atoms with Gasteiger partial charge in [-0.15, -0.1) is 0 Å². The Balaban J connectivity index is 2.34. The van der Waals surface area contributed by atoms with Gasteiger partial charge in [0, 0.05) is 12.5 Å². The summed E-state index contributed by atoms with van der Waals surface area (Å²) < 4.78 is 0. The Morgan fingerprint density at radius 3 is 2.86 bits per heavy atom. The third-order valence-electron chi connectivity index (χ3n) is 3.08. The van der Waals surface area contributed by atoms with Crippen LogP contribution in [0, 0.1) is 5.92 Å². The Morgan fingerprint density at radius 2 is 2.07 bits per heavy atom. The van der Waals surface area contributed by atoms with Crippen molar-refractivity contribution in [2.45, 2.75) is 25.4 Å². The summed E-state index contributed by atoms with van der Waals surface area (Å²) in [6.07, 6.45) is 2.49. The van der Waals surface area contributed by atoms with Gasteiger partial charge in [0.25, 0.3) is 0 Å². The van der Waals surface area contributed by atoms with E-state index in [9.17, 15) is 5.11 Å². The molecule has 0 fully saturated rings. The van der Waals surface area contributed by atoms with E-state index in [-0.39, 0.29) is 12.5 Å². The monoisotopic (exact) mass is 192 g/mol. The zero-order valence-electron chi connectivity index (χ0n) is 8.19. The molecular formula is C12H16O2. The maximum atomic E-state index is 10.0. The average molecular weight is 192 g/mol. The molecule has 0 heterocycles. The molecule has 0 spiro atoms. The third kappa shape index (κ3) is 1.68. The largest absolute Gasteiger partial charge is 0.396 e. The SMILES string of the molecule is OC[C@H]1CCCc2ccccc2[C@@H]1O. The molecule has 0 unspecified atom stereocenters. The first-order chi connectivity index (χ1) is 6.83. The maximum absolute atomic E-state index is 10.0. The van der Waals surface area contributed by atoms with Gasteiger partial charge in [-0.3, -0.25) is 0 Å². The topological polar surface area (TPSA) is 40.5 Å². The molecule has 1 aromatic carbocycles. The quantitative estimate of drug-likeness (QED) is 0.664. The van der Waals surface area contributed by atoms with Crippen molar-refractivity contribution in [1.82, 2.24) is 0 Å². The first kappa shape index (κ1) is 9.69. The summed E-state index contributed by atoms with van der Waals surface area (Å²) in [5.41, 5.74) is 2.24. The first-order valence-electron chi connectivity index (χ1n) is 5.19. The Hall–Kier alpha value is -0.860. The van der Waals surface area contributed by atoms with Crippen LogP contribution in [0.3, 0.4) is 0 Å². The van der Waals surface area contributed by atoms with Crippen LogP contribution in [0.15, 0.2) is 24.3 Å². The van der Waals surface area contributed by atoms with E-state index in [2.05, 4.69) is 6.07 Å². The van der Waals surface area contributed by atoms with E-state index in [1.165, 1.54) is 5.56 Å². The molecule has 76 valence electrons. The molecular weight excluding hydrogens is 176 g/mol. The first-order valence-corrected chi connectivity index (χ1v) is 5.19. The highest BCUT2D eigenvalue weighted by Crippen LogP contribution is 2.32. The molecule has 0 amide bonds. The predicted octanol–water partition coefficient (Wildman–Crippen LogP) is 1.66. The number of benzene rings is 1. The lowest BCUT2D eigenvalue weighted by atomic mass is 9.94. The van der Waals surface area contributed by atoms with E-state index in [1.54, 1.807) is 0 Å². The van der Waals surface area contributed by atoms with Gasteiger partial charge in [0.1, 0.15) is 0 Å². The Kier molecular flexibility index (Phi) is 2.85. The van der Waals surface area contributed by atoms with Crippen molar-refractivity contribution in [2.24, 2.45) is 5.92 Å². The van der Waals surface area contributed by atoms with E-state index in [0.717, 1.165) is 24.8 Å². The lowest BCUT2D eigenvalue weighted by Gasteiger charge is -2.19. The fraction of sp³-hybridized carbons (Fsp3) is 0.500. The van der Waals surface area contributed by atoms with Crippen molar-refractivity contribution in [2.75, 3.05) is 6.61 Å². The minimum atomic E-state index is -0.487. The average Bonchev–Trinajstić information content (AvgIpc) is 2.39. The standard InChI is InChI=1S/C12H16O2/c13-8-10-6-3-5-9-4-1-2-7-11(9)12(10)14/h1-2,4,7,10,12-14H,3,5-6,8H2/t10-,12-/m1/s1. The lowest BCUT2D eigenvalue weighted by Crippen LogP contribution is -2.15. The van der Waals surface area contributed by atoms with Crippen molar-refractivity contribution in [3.8, 4) is 0 Å². The highest BCUT2D eigenvalue weighted by atomic mass is 16.3. The summed E-state index contributed by atoms with van der Waals surface area (Å²) in [5.74, 6) is 0.0126. The van der Waals surface area contributed by atoms with Crippen LogP contribution in [0.5, 0.6) is 0 Å². The van der Waals surface area contributed by atoms with Gasteiger partial charge in [-0.1, -0.05) is 24.3 Å². The molecule has 1 aromatic rings. The van der Waals surface area contributed by atoms with Gasteiger partial charge < -0.3 is 10.2 Å². The van der Waals surface area contributed by atoms with Gasteiger partial charge in [0.2, 0.25) is 0 Å². The van der Waals surface area contributed by atoms with Crippen molar-refractivity contribution in [1.29, 1.82) is 0 Å². The second-order valence-electron chi connectivity index (χ2n) is 3.98. The van der Waals surface area contributed by atoms with Crippen LogP contribution >= 0.6 is 0 Å². The number of fused-ring (bicyclic) bond motifs is 1. The molecule has 0 saturated heterocycles. The van der Waals surface area contributed by atoms with Crippen LogP contribution in [0.2, 0.25) is 0 Å². The van der Waals surface area contributed by atoms with Crippen LogP contribution in [0.1, 0.15) is 30.1 Å². The second kappa shape index (κ2) is 4.11. The minimum absolute atomic E-state index is 0.0126. The van der Waals surface area contributed by atoms with E-state index in [4.69, 9.17) is 5.11 Å². The molecule has 0 bridgehead atoms. The van der Waals surface area contributed by atoms with Gasteiger partial charge in [0.15, 0.2) is 0 Å². The highest BCUT2D eigenvalue weighted by Gasteiger charge is 2.24. The summed E-state index contributed by atoms with van der Waals surface area (Å²) in [7, 11) is 0. The van der Waals surface area contributed by atoms with Crippen LogP contribution < -0.4 is 0 Å². The van der Waals surface area contributed by atoms with Crippen molar-refractivity contribution >= 4 is 0 Å². The fourth-order valence-electron chi connectivity index (χ4n) is 2.21. The molecule has 2 heteroatoms. The van der Waals surface area contributed by atoms with Crippen molar-refractivity contribution < 1.29 is 10.2 Å². The molecule has 1 aliphatic rings. The predicted molar refractivity (Wildman–Crippen MR) is 54.9 cm³/mol. The molecule has 2 N–H and O–H groups in total. The van der Waals surface area contributed by atoms with Crippen LogP contribution in [-0.4, -0.2) is 16.8 Å². The molecule has 2 atom stereocenters.